The number of rotatable bonds is 12. The molecule has 0 radical (unpaired) electrons. The van der Waals surface area contributed by atoms with Crippen LogP contribution in [0.5, 0.6) is 28.7 Å². The molecule has 12 heteroatoms. The van der Waals surface area contributed by atoms with Crippen LogP contribution >= 0.6 is 23.0 Å². The van der Waals surface area contributed by atoms with E-state index in [0.717, 1.165) is 0 Å². The summed E-state index contributed by atoms with van der Waals surface area (Å²) in [6.45, 7) is 2.07. The first-order valence-corrected chi connectivity index (χ1v) is 18.5. The van der Waals surface area contributed by atoms with Crippen LogP contribution in [0.15, 0.2) is 165 Å². The highest BCUT2D eigenvalue weighted by Gasteiger charge is 2.47. The van der Waals surface area contributed by atoms with Crippen LogP contribution in [0.1, 0.15) is 6.92 Å². The van der Waals surface area contributed by atoms with Gasteiger partial charge >= 0.3 is 23.0 Å². The summed E-state index contributed by atoms with van der Waals surface area (Å²) in [4.78, 5) is 0. The zero-order valence-electron chi connectivity index (χ0n) is 23.8. The molecule has 0 N–H and O–H groups in total. The van der Waals surface area contributed by atoms with Crippen LogP contribution < -0.4 is 22.6 Å². The number of hydrogen-bond acceptors (Lipinski definition) is 9. The molecule has 1 aliphatic rings. The highest BCUT2D eigenvalue weighted by molar-refractivity contribution is 7.79. The molecule has 224 valence electrons. The third-order valence-corrected chi connectivity index (χ3v) is 14.1. The van der Waals surface area contributed by atoms with E-state index in [9.17, 15) is 0 Å². The average Bonchev–Trinajstić information content (AvgIpc) is 3.03. The second-order valence-corrected chi connectivity index (χ2v) is 15.4. The van der Waals surface area contributed by atoms with Gasteiger partial charge in [0.1, 0.15) is 28.7 Å². The van der Waals surface area contributed by atoms with Crippen LogP contribution in [0, 0.1) is 0 Å². The number of nitrogens with zero attached hydrogens (tertiary/aromatic N) is 3. The van der Waals surface area contributed by atoms with Gasteiger partial charge < -0.3 is 22.6 Å². The zero-order chi connectivity index (χ0) is 30.1. The molecule has 9 nitrogen and oxygen atoms in total. The normalized spacial score (nSPS) is 17.9. The molecule has 5 aromatic carbocycles. The molecule has 44 heavy (non-hydrogen) atoms. The smallest absolute Gasteiger partial charge is 0.422 e. The first-order valence-electron chi connectivity index (χ1n) is 13.9. The maximum absolute atomic E-state index is 6.65. The van der Waals surface area contributed by atoms with Crippen molar-refractivity contribution in [2.45, 2.75) is 6.92 Å². The number of benzene rings is 5. The second kappa shape index (κ2) is 13.6. The van der Waals surface area contributed by atoms with Gasteiger partial charge in [-0.05, 0) is 67.6 Å². The lowest BCUT2D eigenvalue weighted by atomic mass is 10.3. The van der Waals surface area contributed by atoms with Gasteiger partial charge in [-0.25, -0.2) is 0 Å². The third kappa shape index (κ3) is 7.45. The fourth-order valence-corrected chi connectivity index (χ4v) is 13.2. The van der Waals surface area contributed by atoms with E-state index < -0.39 is 23.0 Å². The Morgan fingerprint density at radius 1 is 0.364 bits per heavy atom. The van der Waals surface area contributed by atoms with Crippen LogP contribution in [-0.2, 0) is 4.52 Å². The fraction of sp³-hybridized carbons (Fsp3) is 0.0625. The predicted octanol–water partition coefficient (Wildman–Crippen LogP) is 11.3. The SMILES string of the molecule is CCOP1(Oc2ccccc2)=NP(Oc2ccccc2)(Oc2ccccc2)=NP(Oc2ccccc2)(Oc2ccccc2)=N1. The Labute approximate surface area is 257 Å². The van der Waals surface area contributed by atoms with E-state index in [-0.39, 0.29) is 6.61 Å². The Morgan fingerprint density at radius 2 is 0.591 bits per heavy atom. The molecule has 5 aromatic rings. The van der Waals surface area contributed by atoms with Gasteiger partial charge in [-0.3, -0.25) is 4.52 Å². The van der Waals surface area contributed by atoms with Crippen molar-refractivity contribution in [3.63, 3.8) is 0 Å². The lowest BCUT2D eigenvalue weighted by Crippen LogP contribution is -2.10. The van der Waals surface area contributed by atoms with Crippen LogP contribution in [0.2, 0.25) is 0 Å². The highest BCUT2D eigenvalue weighted by Crippen LogP contribution is 2.78. The molecule has 0 aromatic heterocycles. The van der Waals surface area contributed by atoms with E-state index in [1.807, 2.05) is 159 Å². The molecule has 0 spiro atoms. The standard InChI is InChI=1S/C32H30N3O6P3/c1-2-36-42(37-28-18-8-3-9-19-28)33-43(38-29-20-10-4-11-21-29,39-30-22-12-5-13-23-30)35-44(34-42,40-31-24-14-6-15-25-31)41-32-26-16-7-17-27-32/h3-27H,2H2,1H3. The molecule has 1 unspecified atom stereocenters. The van der Waals surface area contributed by atoms with Crippen molar-refractivity contribution in [1.29, 1.82) is 0 Å². The van der Waals surface area contributed by atoms with Crippen LogP contribution in [-0.4, -0.2) is 6.61 Å². The zero-order valence-corrected chi connectivity index (χ0v) is 26.5. The van der Waals surface area contributed by atoms with Gasteiger partial charge in [0.05, 0.1) is 6.61 Å². The Morgan fingerprint density at radius 3 is 0.864 bits per heavy atom. The van der Waals surface area contributed by atoms with Crippen molar-refractivity contribution < 1.29 is 27.1 Å². The maximum Gasteiger partial charge on any atom is 0.460 e. The van der Waals surface area contributed by atoms with Crippen molar-refractivity contribution >= 4 is 23.0 Å². The monoisotopic (exact) mass is 645 g/mol. The van der Waals surface area contributed by atoms with E-state index in [2.05, 4.69) is 0 Å². The third-order valence-electron chi connectivity index (χ3n) is 5.81. The van der Waals surface area contributed by atoms with E-state index >= 15 is 0 Å². The van der Waals surface area contributed by atoms with Crippen molar-refractivity contribution in [3.8, 4) is 28.7 Å². The molecule has 6 rings (SSSR count). The summed E-state index contributed by atoms with van der Waals surface area (Å²) in [6.07, 6.45) is 0. The molecule has 1 heterocycles. The maximum atomic E-state index is 6.65. The Hall–Kier alpha value is -4.25. The average molecular weight is 646 g/mol. The minimum atomic E-state index is -3.76. The first-order chi connectivity index (χ1) is 21.6. The van der Waals surface area contributed by atoms with Gasteiger partial charge in [-0.15, -0.1) is 9.03 Å². The summed E-state index contributed by atoms with van der Waals surface area (Å²) in [7, 11) is -11.2. The summed E-state index contributed by atoms with van der Waals surface area (Å²) < 4.78 is 54.8. The van der Waals surface area contributed by atoms with Gasteiger partial charge in [0.2, 0.25) is 0 Å². The van der Waals surface area contributed by atoms with Gasteiger partial charge in [-0.2, -0.15) is 0 Å². The minimum absolute atomic E-state index is 0.223. The predicted molar refractivity (Wildman–Crippen MR) is 175 cm³/mol. The first kappa shape index (κ1) is 29.8. The summed E-state index contributed by atoms with van der Waals surface area (Å²) in [5.41, 5.74) is 0. The molecule has 0 saturated carbocycles. The van der Waals surface area contributed by atoms with Gasteiger partial charge in [0.15, 0.2) is 0 Å². The fourth-order valence-electron chi connectivity index (χ4n) is 4.04. The van der Waals surface area contributed by atoms with Crippen molar-refractivity contribution in [2.24, 2.45) is 13.5 Å². The molecular weight excluding hydrogens is 615 g/mol. The van der Waals surface area contributed by atoms with E-state index in [0.29, 0.717) is 28.7 Å². The highest BCUT2D eigenvalue weighted by atomic mass is 31.3. The molecule has 0 aliphatic carbocycles. The van der Waals surface area contributed by atoms with Crippen LogP contribution in [0.4, 0.5) is 0 Å². The van der Waals surface area contributed by atoms with Gasteiger partial charge in [0.25, 0.3) is 0 Å². The molecule has 1 aliphatic heterocycles. The van der Waals surface area contributed by atoms with Crippen molar-refractivity contribution in [1.82, 2.24) is 0 Å². The molecule has 0 saturated heterocycles. The lowest BCUT2D eigenvalue weighted by molar-refractivity contribution is 0.322. The summed E-state index contributed by atoms with van der Waals surface area (Å²) in [5, 5.41) is 0. The van der Waals surface area contributed by atoms with E-state index in [1.165, 1.54) is 0 Å². The van der Waals surface area contributed by atoms with Crippen molar-refractivity contribution in [2.75, 3.05) is 6.61 Å². The Balaban J connectivity index is 1.66. The molecule has 1 atom stereocenters. The quantitative estimate of drug-likeness (QED) is 0.125. The largest absolute Gasteiger partial charge is 0.460 e. The topological polar surface area (TPSA) is 92.5 Å². The summed E-state index contributed by atoms with van der Waals surface area (Å²) >= 11 is 0. The van der Waals surface area contributed by atoms with Crippen molar-refractivity contribution in [3.05, 3.63) is 152 Å². The number of para-hydroxylation sites is 5. The van der Waals surface area contributed by atoms with E-state index in [1.54, 1.807) is 0 Å². The lowest BCUT2D eigenvalue weighted by Gasteiger charge is -2.33. The summed E-state index contributed by atoms with van der Waals surface area (Å²) in [6, 6.07) is 46.1. The molecule has 0 amide bonds. The molecule has 0 fully saturated rings. The minimum Gasteiger partial charge on any atom is -0.422 e. The molecular formula is C32H30N3O6P3. The number of hydrogen-bond donors (Lipinski definition) is 0. The Bertz CT molecular complexity index is 1650. The molecule has 0 bridgehead atoms. The second-order valence-electron chi connectivity index (χ2n) is 9.18. The van der Waals surface area contributed by atoms with Gasteiger partial charge in [-0.1, -0.05) is 95.5 Å². The van der Waals surface area contributed by atoms with Crippen LogP contribution in [0.25, 0.3) is 0 Å². The van der Waals surface area contributed by atoms with Gasteiger partial charge in [0, 0.05) is 0 Å². The Kier molecular flexibility index (Phi) is 9.20. The summed E-state index contributed by atoms with van der Waals surface area (Å²) in [5.74, 6) is 2.44. The van der Waals surface area contributed by atoms with E-state index in [4.69, 9.17) is 40.7 Å². The van der Waals surface area contributed by atoms with Crippen LogP contribution in [0.3, 0.4) is 0 Å².